The molecule has 0 aliphatic heterocycles. The fraction of sp³-hybridized carbons (Fsp3) is 0.769. The number of allylic oxidation sites excluding steroid dienone is 10. The first-order valence-electron chi connectivity index (χ1n) is 25.2. The lowest BCUT2D eigenvalue weighted by Crippen LogP contribution is -2.28. The number of hydrogen-bond donors (Lipinski definition) is 3. The van der Waals surface area contributed by atoms with Crippen LogP contribution in [0.25, 0.3) is 0 Å². The molecule has 0 saturated carbocycles. The SMILES string of the molecule is CC/C=C\C/C=C\C/C=C\C/C=C\CCCCCCCCCCCCC(=O)OC(CO)COP(=O)(O)OCC(CO)OC(=O)CCCCCCCCC/C=C\CCCCCCCC. The van der Waals surface area contributed by atoms with Crippen LogP contribution in [0.4, 0.5) is 0 Å². The van der Waals surface area contributed by atoms with Crippen LogP contribution < -0.4 is 0 Å². The van der Waals surface area contributed by atoms with Crippen molar-refractivity contribution in [1.29, 1.82) is 0 Å². The maximum atomic E-state index is 12.4. The van der Waals surface area contributed by atoms with Gasteiger partial charge in [0.2, 0.25) is 0 Å². The topological polar surface area (TPSA) is 149 Å². The summed E-state index contributed by atoms with van der Waals surface area (Å²) in [6.45, 7) is 2.10. The van der Waals surface area contributed by atoms with Gasteiger partial charge in [0, 0.05) is 12.8 Å². The van der Waals surface area contributed by atoms with Gasteiger partial charge in [-0.15, -0.1) is 0 Å². The summed E-state index contributed by atoms with van der Waals surface area (Å²) in [6, 6.07) is 0. The molecule has 0 aromatic rings. The average molecular weight is 909 g/mol. The Balaban J connectivity index is 3.85. The van der Waals surface area contributed by atoms with E-state index in [9.17, 15) is 29.3 Å². The van der Waals surface area contributed by atoms with Crippen molar-refractivity contribution in [2.24, 2.45) is 0 Å². The lowest BCUT2D eigenvalue weighted by Gasteiger charge is -2.20. The Morgan fingerprint density at radius 1 is 0.444 bits per heavy atom. The van der Waals surface area contributed by atoms with Gasteiger partial charge in [-0.3, -0.25) is 18.6 Å². The molecule has 0 rings (SSSR count). The van der Waals surface area contributed by atoms with Gasteiger partial charge < -0.3 is 24.6 Å². The Bertz CT molecular complexity index is 1230. The molecule has 3 atom stereocenters. The summed E-state index contributed by atoms with van der Waals surface area (Å²) in [4.78, 5) is 34.7. The normalized spacial score (nSPS) is 14.2. The molecule has 3 N–H and O–H groups in total. The molecule has 63 heavy (non-hydrogen) atoms. The zero-order valence-electron chi connectivity index (χ0n) is 40.0. The number of carbonyl (C=O) groups is 2. The average Bonchev–Trinajstić information content (AvgIpc) is 3.27. The number of aliphatic hydroxyl groups is 2. The Hall–Kier alpha value is -2.33. The number of rotatable bonds is 47. The van der Waals surface area contributed by atoms with Crippen LogP contribution in [-0.2, 0) is 32.7 Å². The van der Waals surface area contributed by atoms with Crippen molar-refractivity contribution in [3.05, 3.63) is 60.8 Å². The summed E-state index contributed by atoms with van der Waals surface area (Å²) in [7, 11) is -4.65. The highest BCUT2D eigenvalue weighted by Gasteiger charge is 2.27. The maximum Gasteiger partial charge on any atom is 0.472 e. The van der Waals surface area contributed by atoms with Crippen molar-refractivity contribution >= 4 is 19.8 Å². The highest BCUT2D eigenvalue weighted by atomic mass is 31.2. The van der Waals surface area contributed by atoms with Gasteiger partial charge in [0.25, 0.3) is 0 Å². The van der Waals surface area contributed by atoms with E-state index in [4.69, 9.17) is 18.5 Å². The third kappa shape index (κ3) is 46.0. The van der Waals surface area contributed by atoms with Crippen molar-refractivity contribution in [2.75, 3.05) is 26.4 Å². The summed E-state index contributed by atoms with van der Waals surface area (Å²) >= 11 is 0. The van der Waals surface area contributed by atoms with Crippen LogP contribution in [0.3, 0.4) is 0 Å². The molecule has 0 aliphatic carbocycles. The molecular formula is C52H93O10P. The number of aliphatic hydroxyl groups excluding tert-OH is 2. The van der Waals surface area contributed by atoms with Crippen molar-refractivity contribution in [2.45, 2.75) is 232 Å². The van der Waals surface area contributed by atoms with E-state index in [2.05, 4.69) is 74.6 Å². The van der Waals surface area contributed by atoms with Crippen LogP contribution in [-0.4, -0.2) is 65.7 Å². The first-order chi connectivity index (χ1) is 30.8. The van der Waals surface area contributed by atoms with E-state index < -0.39 is 58.4 Å². The van der Waals surface area contributed by atoms with E-state index in [-0.39, 0.29) is 12.8 Å². The minimum Gasteiger partial charge on any atom is -0.457 e. The summed E-state index contributed by atoms with van der Waals surface area (Å²) in [5, 5.41) is 19.2. The molecule has 10 nitrogen and oxygen atoms in total. The highest BCUT2D eigenvalue weighted by Crippen LogP contribution is 2.43. The van der Waals surface area contributed by atoms with Crippen LogP contribution in [0, 0.1) is 0 Å². The Morgan fingerprint density at radius 2 is 0.746 bits per heavy atom. The zero-order valence-corrected chi connectivity index (χ0v) is 40.9. The van der Waals surface area contributed by atoms with Gasteiger partial charge in [-0.1, -0.05) is 190 Å². The highest BCUT2D eigenvalue weighted by molar-refractivity contribution is 7.47. The summed E-state index contributed by atoms with van der Waals surface area (Å²) in [5.74, 6) is -1.03. The number of ether oxygens (including phenoxy) is 2. The molecule has 0 aromatic heterocycles. The molecule has 0 amide bonds. The van der Waals surface area contributed by atoms with Crippen LogP contribution in [0.2, 0.25) is 0 Å². The monoisotopic (exact) mass is 909 g/mol. The predicted octanol–water partition coefficient (Wildman–Crippen LogP) is 14.2. The number of phosphoric acid groups is 1. The lowest BCUT2D eigenvalue weighted by atomic mass is 10.0. The van der Waals surface area contributed by atoms with Crippen molar-refractivity contribution < 1.29 is 47.8 Å². The fourth-order valence-corrected chi connectivity index (χ4v) is 7.65. The van der Waals surface area contributed by atoms with E-state index in [1.54, 1.807) is 0 Å². The summed E-state index contributed by atoms with van der Waals surface area (Å²) in [5.41, 5.74) is 0. The van der Waals surface area contributed by atoms with E-state index in [0.29, 0.717) is 12.8 Å². The lowest BCUT2D eigenvalue weighted by molar-refractivity contribution is -0.153. The van der Waals surface area contributed by atoms with E-state index in [0.717, 1.165) is 77.0 Å². The second kappa shape index (κ2) is 47.6. The van der Waals surface area contributed by atoms with Crippen LogP contribution >= 0.6 is 7.82 Å². The van der Waals surface area contributed by atoms with Crippen molar-refractivity contribution in [1.82, 2.24) is 0 Å². The van der Waals surface area contributed by atoms with Gasteiger partial charge in [0.15, 0.2) is 0 Å². The molecule has 3 unspecified atom stereocenters. The van der Waals surface area contributed by atoms with Gasteiger partial charge in [-0.2, -0.15) is 0 Å². The summed E-state index contributed by atoms with van der Waals surface area (Å²) < 4.78 is 32.7. The molecule has 0 spiro atoms. The van der Waals surface area contributed by atoms with Crippen LogP contribution in [0.5, 0.6) is 0 Å². The van der Waals surface area contributed by atoms with Gasteiger partial charge in [0.05, 0.1) is 26.4 Å². The minimum atomic E-state index is -4.65. The second-order valence-corrected chi connectivity index (χ2v) is 18.2. The van der Waals surface area contributed by atoms with Gasteiger partial charge in [-0.25, -0.2) is 4.57 Å². The molecule has 366 valence electrons. The number of phosphoric ester groups is 1. The smallest absolute Gasteiger partial charge is 0.457 e. The largest absolute Gasteiger partial charge is 0.472 e. The van der Waals surface area contributed by atoms with E-state index >= 15 is 0 Å². The number of hydrogen-bond acceptors (Lipinski definition) is 9. The molecule has 0 saturated heterocycles. The number of carbonyl (C=O) groups excluding carboxylic acids is 2. The Kier molecular flexibility index (Phi) is 45.9. The number of esters is 2. The van der Waals surface area contributed by atoms with Gasteiger partial charge >= 0.3 is 19.8 Å². The minimum absolute atomic E-state index is 0.185. The van der Waals surface area contributed by atoms with Crippen LogP contribution in [0.1, 0.15) is 219 Å². The molecule has 0 radical (unpaired) electrons. The molecule has 0 heterocycles. The first kappa shape index (κ1) is 60.7. The Labute approximate surface area is 385 Å². The number of unbranched alkanes of at least 4 members (excludes halogenated alkanes) is 23. The third-order valence-corrected chi connectivity index (χ3v) is 11.7. The molecule has 11 heteroatoms. The van der Waals surface area contributed by atoms with Gasteiger partial charge in [-0.05, 0) is 77.0 Å². The molecule has 0 bridgehead atoms. The second-order valence-electron chi connectivity index (χ2n) is 16.8. The van der Waals surface area contributed by atoms with Crippen LogP contribution in [0.15, 0.2) is 60.8 Å². The van der Waals surface area contributed by atoms with Crippen molar-refractivity contribution in [3.8, 4) is 0 Å². The quantitative estimate of drug-likeness (QED) is 0.0233. The van der Waals surface area contributed by atoms with Gasteiger partial charge in [0.1, 0.15) is 12.2 Å². The standard InChI is InChI=1S/C52H93O10P/c1-3-5-7-9-11-13-15-17-19-21-22-23-24-25-26-28-30-32-34-36-38-40-42-44-52(56)62-50(46-54)48-60-63(57,58)59-47-49(45-53)61-51(55)43-41-39-37-35-33-31-29-27-20-18-16-14-12-10-8-6-4-2/h5,7,11,13,17-20,22-23,49-50,53-54H,3-4,6,8-10,12,14-16,21,24-48H2,1-2H3,(H,57,58)/b7-5-,13-11-,19-17-,20-18-,23-22-. The van der Waals surface area contributed by atoms with E-state index in [1.165, 1.54) is 103 Å². The first-order valence-corrected chi connectivity index (χ1v) is 26.7. The maximum absolute atomic E-state index is 12.4. The van der Waals surface area contributed by atoms with Crippen molar-refractivity contribution in [3.63, 3.8) is 0 Å². The third-order valence-electron chi connectivity index (χ3n) is 10.7. The molecule has 0 fully saturated rings. The molecule has 0 aliphatic rings. The predicted molar refractivity (Wildman–Crippen MR) is 260 cm³/mol. The van der Waals surface area contributed by atoms with E-state index in [1.807, 2.05) is 0 Å². The fourth-order valence-electron chi connectivity index (χ4n) is 6.87. The molecular weight excluding hydrogens is 816 g/mol. The Morgan fingerprint density at radius 3 is 1.10 bits per heavy atom. The summed E-state index contributed by atoms with van der Waals surface area (Å²) in [6.07, 6.45) is 54.7. The zero-order chi connectivity index (χ0) is 46.2. The molecule has 0 aromatic carbocycles.